The van der Waals surface area contributed by atoms with E-state index in [9.17, 15) is 0 Å². The lowest BCUT2D eigenvalue weighted by molar-refractivity contribution is 0.386. The van der Waals surface area contributed by atoms with Gasteiger partial charge in [0.05, 0.1) is 5.69 Å². The van der Waals surface area contributed by atoms with Crippen LogP contribution in [0.5, 0.6) is 0 Å². The van der Waals surface area contributed by atoms with Gasteiger partial charge in [0.2, 0.25) is 0 Å². The van der Waals surface area contributed by atoms with E-state index in [1.54, 1.807) is 0 Å². The van der Waals surface area contributed by atoms with Gasteiger partial charge in [0.1, 0.15) is 5.82 Å². The van der Waals surface area contributed by atoms with Crippen LogP contribution in [0.25, 0.3) is 0 Å². The third-order valence-corrected chi connectivity index (χ3v) is 3.09. The molecule has 1 atom stereocenters. The highest BCUT2D eigenvalue weighted by molar-refractivity contribution is 5.18. The largest absolute Gasteiger partial charge is 0.331 e. The van der Waals surface area contributed by atoms with Gasteiger partial charge in [-0.05, 0) is 25.8 Å². The number of hydrogen-bond donors (Lipinski definition) is 1. The highest BCUT2D eigenvalue weighted by atomic mass is 15.1. The quantitative estimate of drug-likeness (QED) is 0.769. The van der Waals surface area contributed by atoms with E-state index in [1.165, 1.54) is 23.6 Å². The Kier molecular flexibility index (Phi) is 2.59. The maximum absolute atomic E-state index is 5.62. The average Bonchev–Trinajstić information content (AvgIpc) is 2.45. The van der Waals surface area contributed by atoms with Crippen LogP contribution in [0.3, 0.4) is 0 Å². The fourth-order valence-corrected chi connectivity index (χ4v) is 2.31. The molecule has 1 aromatic rings. The van der Waals surface area contributed by atoms with Crippen LogP contribution < -0.4 is 5.73 Å². The van der Waals surface area contributed by atoms with Crippen molar-refractivity contribution in [3.8, 4) is 0 Å². The SMILES string of the molecule is Cc1nc2n(c1CCN)CC(C)CC2. The van der Waals surface area contributed by atoms with Gasteiger partial charge in [0.15, 0.2) is 0 Å². The summed E-state index contributed by atoms with van der Waals surface area (Å²) in [4.78, 5) is 4.61. The number of aromatic nitrogens is 2. The number of rotatable bonds is 2. The molecule has 0 saturated carbocycles. The van der Waals surface area contributed by atoms with E-state index in [4.69, 9.17) is 5.73 Å². The number of fused-ring (bicyclic) bond motifs is 1. The van der Waals surface area contributed by atoms with Crippen molar-refractivity contribution in [1.29, 1.82) is 0 Å². The Hall–Kier alpha value is -0.830. The monoisotopic (exact) mass is 193 g/mol. The summed E-state index contributed by atoms with van der Waals surface area (Å²) in [6.45, 7) is 6.26. The summed E-state index contributed by atoms with van der Waals surface area (Å²) in [6.07, 6.45) is 3.37. The van der Waals surface area contributed by atoms with Crippen LogP contribution in [-0.2, 0) is 19.4 Å². The lowest BCUT2D eigenvalue weighted by Crippen LogP contribution is -2.21. The van der Waals surface area contributed by atoms with Gasteiger partial charge < -0.3 is 10.3 Å². The van der Waals surface area contributed by atoms with Gasteiger partial charge in [0.25, 0.3) is 0 Å². The first kappa shape index (κ1) is 9.71. The second-order valence-electron chi connectivity index (χ2n) is 4.35. The maximum atomic E-state index is 5.62. The fourth-order valence-electron chi connectivity index (χ4n) is 2.31. The van der Waals surface area contributed by atoms with Crippen molar-refractivity contribution in [2.24, 2.45) is 11.7 Å². The molecule has 0 fully saturated rings. The normalized spacial score (nSPS) is 20.9. The molecule has 1 aliphatic rings. The van der Waals surface area contributed by atoms with Crippen LogP contribution in [0.15, 0.2) is 0 Å². The van der Waals surface area contributed by atoms with Crippen molar-refractivity contribution in [2.45, 2.75) is 39.7 Å². The molecule has 1 aromatic heterocycles. The van der Waals surface area contributed by atoms with E-state index in [0.29, 0.717) is 0 Å². The molecule has 2 heterocycles. The Morgan fingerprint density at radius 3 is 3.07 bits per heavy atom. The highest BCUT2D eigenvalue weighted by Crippen LogP contribution is 2.22. The zero-order chi connectivity index (χ0) is 10.1. The van der Waals surface area contributed by atoms with Crippen LogP contribution in [0.4, 0.5) is 0 Å². The maximum Gasteiger partial charge on any atom is 0.109 e. The Morgan fingerprint density at radius 2 is 2.36 bits per heavy atom. The molecule has 0 amide bonds. The predicted molar refractivity (Wildman–Crippen MR) is 57.2 cm³/mol. The molecule has 78 valence electrons. The minimum atomic E-state index is 0.723. The Balaban J connectivity index is 2.35. The molecule has 0 spiro atoms. The molecule has 0 saturated heterocycles. The zero-order valence-corrected chi connectivity index (χ0v) is 9.08. The summed E-state index contributed by atoms with van der Waals surface area (Å²) in [5.74, 6) is 2.05. The van der Waals surface area contributed by atoms with E-state index in [1.807, 2.05) is 0 Å². The minimum Gasteiger partial charge on any atom is -0.331 e. The molecule has 2 rings (SSSR count). The van der Waals surface area contributed by atoms with Gasteiger partial charge in [-0.15, -0.1) is 0 Å². The van der Waals surface area contributed by atoms with E-state index in [2.05, 4.69) is 23.4 Å². The molecule has 14 heavy (non-hydrogen) atoms. The lowest BCUT2D eigenvalue weighted by atomic mass is 10.0. The van der Waals surface area contributed by atoms with Crippen molar-refractivity contribution in [3.63, 3.8) is 0 Å². The predicted octanol–water partition coefficient (Wildman–Crippen LogP) is 1.28. The summed E-state index contributed by atoms with van der Waals surface area (Å²) in [5, 5.41) is 0. The first-order valence-electron chi connectivity index (χ1n) is 5.47. The molecule has 0 bridgehead atoms. The van der Waals surface area contributed by atoms with Crippen molar-refractivity contribution >= 4 is 0 Å². The summed E-state index contributed by atoms with van der Waals surface area (Å²) < 4.78 is 2.39. The molecular formula is C11H19N3. The van der Waals surface area contributed by atoms with Gasteiger partial charge in [-0.25, -0.2) is 4.98 Å². The minimum absolute atomic E-state index is 0.723. The molecule has 0 aromatic carbocycles. The first-order chi connectivity index (χ1) is 6.72. The number of hydrogen-bond acceptors (Lipinski definition) is 2. The topological polar surface area (TPSA) is 43.8 Å². The van der Waals surface area contributed by atoms with Crippen LogP contribution in [0, 0.1) is 12.8 Å². The van der Waals surface area contributed by atoms with Gasteiger partial charge in [0, 0.05) is 25.1 Å². The fraction of sp³-hybridized carbons (Fsp3) is 0.727. The first-order valence-corrected chi connectivity index (χ1v) is 5.47. The third-order valence-electron chi connectivity index (χ3n) is 3.09. The van der Waals surface area contributed by atoms with Crippen LogP contribution in [-0.4, -0.2) is 16.1 Å². The van der Waals surface area contributed by atoms with Crippen molar-refractivity contribution in [1.82, 2.24) is 9.55 Å². The molecule has 3 heteroatoms. The second kappa shape index (κ2) is 3.73. The molecular weight excluding hydrogens is 174 g/mol. The third kappa shape index (κ3) is 1.57. The van der Waals surface area contributed by atoms with E-state index < -0.39 is 0 Å². The molecule has 1 aliphatic heterocycles. The van der Waals surface area contributed by atoms with Gasteiger partial charge >= 0.3 is 0 Å². The smallest absolute Gasteiger partial charge is 0.109 e. The van der Waals surface area contributed by atoms with Crippen molar-refractivity contribution in [2.75, 3.05) is 6.54 Å². The van der Waals surface area contributed by atoms with Gasteiger partial charge in [-0.3, -0.25) is 0 Å². The molecule has 2 N–H and O–H groups in total. The highest BCUT2D eigenvalue weighted by Gasteiger charge is 2.20. The van der Waals surface area contributed by atoms with Crippen molar-refractivity contribution < 1.29 is 0 Å². The number of imidazole rings is 1. The van der Waals surface area contributed by atoms with E-state index in [0.717, 1.165) is 31.8 Å². The zero-order valence-electron chi connectivity index (χ0n) is 9.08. The molecule has 3 nitrogen and oxygen atoms in total. The number of nitrogens with two attached hydrogens (primary N) is 1. The summed E-state index contributed by atoms with van der Waals surface area (Å²) >= 11 is 0. The number of nitrogens with zero attached hydrogens (tertiary/aromatic N) is 2. The van der Waals surface area contributed by atoms with Gasteiger partial charge in [-0.1, -0.05) is 6.92 Å². The van der Waals surface area contributed by atoms with E-state index >= 15 is 0 Å². The number of aryl methyl sites for hydroxylation is 2. The molecule has 0 radical (unpaired) electrons. The van der Waals surface area contributed by atoms with Crippen molar-refractivity contribution in [3.05, 3.63) is 17.2 Å². The molecule has 1 unspecified atom stereocenters. The van der Waals surface area contributed by atoms with Crippen LogP contribution >= 0.6 is 0 Å². The van der Waals surface area contributed by atoms with Crippen LogP contribution in [0.1, 0.15) is 30.6 Å². The Morgan fingerprint density at radius 1 is 1.57 bits per heavy atom. The Bertz CT molecular complexity index is 328. The van der Waals surface area contributed by atoms with E-state index in [-0.39, 0.29) is 0 Å². The second-order valence-corrected chi connectivity index (χ2v) is 4.35. The average molecular weight is 193 g/mol. The lowest BCUT2D eigenvalue weighted by Gasteiger charge is -2.22. The Labute approximate surface area is 85.3 Å². The van der Waals surface area contributed by atoms with Crippen LogP contribution in [0.2, 0.25) is 0 Å². The summed E-state index contributed by atoms with van der Waals surface area (Å²) in [5.41, 5.74) is 8.15. The standard InChI is InChI=1S/C11H19N3/c1-8-3-4-11-13-9(2)10(5-6-12)14(11)7-8/h8H,3-7,12H2,1-2H3. The van der Waals surface area contributed by atoms with Gasteiger partial charge in [-0.2, -0.15) is 0 Å². The summed E-state index contributed by atoms with van der Waals surface area (Å²) in [6, 6.07) is 0. The summed E-state index contributed by atoms with van der Waals surface area (Å²) in [7, 11) is 0. The molecule has 0 aliphatic carbocycles.